The summed E-state index contributed by atoms with van der Waals surface area (Å²) >= 11 is 0. The van der Waals surface area contributed by atoms with E-state index in [2.05, 4.69) is 46.5 Å². The van der Waals surface area contributed by atoms with E-state index in [0.717, 1.165) is 28.9 Å². The van der Waals surface area contributed by atoms with E-state index in [-0.39, 0.29) is 11.9 Å². The van der Waals surface area contributed by atoms with Crippen LogP contribution in [0.2, 0.25) is 0 Å². The molecular weight excluding hydrogens is 424 g/mol. The first-order valence-corrected chi connectivity index (χ1v) is 12.1. The lowest BCUT2D eigenvalue weighted by atomic mass is 9.86. The molecule has 3 heterocycles. The minimum Gasteiger partial charge on any atom is -0.310 e. The smallest absolute Gasteiger partial charge is 0.256 e. The van der Waals surface area contributed by atoms with E-state index in [4.69, 9.17) is 4.98 Å². The molecule has 34 heavy (non-hydrogen) atoms. The Morgan fingerprint density at radius 3 is 2.71 bits per heavy atom. The number of nitrogens with zero attached hydrogens (tertiary/aromatic N) is 5. The van der Waals surface area contributed by atoms with Crippen molar-refractivity contribution >= 4 is 22.6 Å². The highest BCUT2D eigenvalue weighted by molar-refractivity contribution is 6.05. The molecule has 1 N–H and O–H groups in total. The number of pyridine rings is 2. The van der Waals surface area contributed by atoms with E-state index in [9.17, 15) is 4.79 Å². The fourth-order valence-electron chi connectivity index (χ4n) is 4.72. The highest BCUT2D eigenvalue weighted by Gasteiger charge is 2.16. The molecule has 1 fully saturated rings. The summed E-state index contributed by atoms with van der Waals surface area (Å²) in [5.41, 5.74) is 3.19. The monoisotopic (exact) mass is 454 g/mol. The second-order valence-electron chi connectivity index (χ2n) is 9.44. The molecular formula is C27H30N6O. The molecule has 4 aromatic rings. The summed E-state index contributed by atoms with van der Waals surface area (Å²) in [6.45, 7) is 4.12. The van der Waals surface area contributed by atoms with Crippen LogP contribution in [0.3, 0.4) is 0 Å². The van der Waals surface area contributed by atoms with Crippen molar-refractivity contribution < 1.29 is 4.79 Å². The van der Waals surface area contributed by atoms with Crippen LogP contribution in [0.25, 0.3) is 22.4 Å². The van der Waals surface area contributed by atoms with Crippen molar-refractivity contribution in [2.45, 2.75) is 58.4 Å². The number of hydrogen-bond donors (Lipinski definition) is 1. The lowest BCUT2D eigenvalue weighted by molar-refractivity contribution is 0.102. The number of nitrogens with one attached hydrogen (secondary N) is 1. The molecule has 5 rings (SSSR count). The zero-order valence-corrected chi connectivity index (χ0v) is 19.7. The summed E-state index contributed by atoms with van der Waals surface area (Å²) in [4.78, 5) is 22.5. The first-order valence-electron chi connectivity index (χ1n) is 12.1. The van der Waals surface area contributed by atoms with Crippen molar-refractivity contribution in [3.05, 3.63) is 66.1 Å². The maximum Gasteiger partial charge on any atom is 0.256 e. The van der Waals surface area contributed by atoms with Crippen LogP contribution in [0.5, 0.6) is 0 Å². The predicted octanol–water partition coefficient (Wildman–Crippen LogP) is 5.84. The van der Waals surface area contributed by atoms with Gasteiger partial charge >= 0.3 is 0 Å². The van der Waals surface area contributed by atoms with Gasteiger partial charge in [-0.25, -0.2) is 4.98 Å². The molecule has 1 amide bonds. The molecule has 174 valence electrons. The SMILES string of the molecule is CC(C)n1cnnc1-c1cccc(NC(=O)c2ccc3ccc(CC4CCCCC4)nc3c2)n1. The normalized spacial score (nSPS) is 14.6. The van der Waals surface area contributed by atoms with E-state index in [1.54, 1.807) is 12.4 Å². The second kappa shape index (κ2) is 9.71. The van der Waals surface area contributed by atoms with Gasteiger partial charge in [0.2, 0.25) is 0 Å². The minimum absolute atomic E-state index is 0.207. The van der Waals surface area contributed by atoms with Crippen molar-refractivity contribution in [2.24, 2.45) is 5.92 Å². The molecule has 0 unspecified atom stereocenters. The van der Waals surface area contributed by atoms with Gasteiger partial charge in [0.05, 0.1) is 5.52 Å². The third-order valence-corrected chi connectivity index (χ3v) is 6.58. The molecule has 1 aromatic carbocycles. The van der Waals surface area contributed by atoms with Crippen molar-refractivity contribution in [3.63, 3.8) is 0 Å². The number of hydrogen-bond acceptors (Lipinski definition) is 5. The lowest BCUT2D eigenvalue weighted by Crippen LogP contribution is -2.13. The molecule has 0 saturated heterocycles. The Morgan fingerprint density at radius 1 is 1.06 bits per heavy atom. The zero-order valence-electron chi connectivity index (χ0n) is 19.7. The molecule has 1 aliphatic rings. The van der Waals surface area contributed by atoms with E-state index in [1.807, 2.05) is 34.9 Å². The Morgan fingerprint density at radius 2 is 1.88 bits per heavy atom. The number of rotatable bonds is 6. The number of fused-ring (bicyclic) bond motifs is 1. The molecule has 7 nitrogen and oxygen atoms in total. The summed E-state index contributed by atoms with van der Waals surface area (Å²) in [5.74, 6) is 1.66. The topological polar surface area (TPSA) is 85.6 Å². The van der Waals surface area contributed by atoms with Gasteiger partial charge in [-0.1, -0.05) is 50.3 Å². The van der Waals surface area contributed by atoms with Crippen molar-refractivity contribution in [1.29, 1.82) is 0 Å². The molecule has 0 radical (unpaired) electrons. The standard InChI is InChI=1S/C27H30N6O/c1-18(2)33-17-28-32-26(33)23-9-6-10-25(30-23)31-27(34)21-12-11-20-13-14-22(29-24(20)16-21)15-19-7-4-3-5-8-19/h6,9-14,16-19H,3-5,7-8,15H2,1-2H3,(H,30,31,34). The third kappa shape index (κ3) is 4.83. The van der Waals surface area contributed by atoms with Crippen molar-refractivity contribution in [3.8, 4) is 11.5 Å². The molecule has 0 bridgehead atoms. The Kier molecular flexibility index (Phi) is 6.34. The largest absolute Gasteiger partial charge is 0.310 e. The Hall–Kier alpha value is -3.61. The van der Waals surface area contributed by atoms with Gasteiger partial charge in [-0.2, -0.15) is 0 Å². The van der Waals surface area contributed by atoms with Crippen LogP contribution in [-0.4, -0.2) is 30.6 Å². The maximum atomic E-state index is 13.0. The molecule has 1 saturated carbocycles. The van der Waals surface area contributed by atoms with Crippen LogP contribution in [0, 0.1) is 5.92 Å². The maximum absolute atomic E-state index is 13.0. The van der Waals surface area contributed by atoms with Crippen LogP contribution < -0.4 is 5.32 Å². The summed E-state index contributed by atoms with van der Waals surface area (Å²) in [7, 11) is 0. The highest BCUT2D eigenvalue weighted by atomic mass is 16.1. The Bertz CT molecular complexity index is 1310. The fraction of sp³-hybridized carbons (Fsp3) is 0.370. The number of carbonyl (C=O) groups is 1. The van der Waals surface area contributed by atoms with Crippen LogP contribution in [-0.2, 0) is 6.42 Å². The summed E-state index contributed by atoms with van der Waals surface area (Å²) in [6.07, 6.45) is 9.31. The molecule has 1 aliphatic carbocycles. The van der Waals surface area contributed by atoms with Gasteiger partial charge in [0.15, 0.2) is 5.82 Å². The second-order valence-corrected chi connectivity index (χ2v) is 9.44. The van der Waals surface area contributed by atoms with Gasteiger partial charge in [-0.3, -0.25) is 9.78 Å². The predicted molar refractivity (Wildman–Crippen MR) is 134 cm³/mol. The average Bonchev–Trinajstić information content (AvgIpc) is 3.35. The summed E-state index contributed by atoms with van der Waals surface area (Å²) < 4.78 is 1.95. The number of carbonyl (C=O) groups excluding carboxylic acids is 1. The number of amides is 1. The van der Waals surface area contributed by atoms with Crippen LogP contribution >= 0.6 is 0 Å². The molecule has 0 spiro atoms. The van der Waals surface area contributed by atoms with E-state index in [0.29, 0.717) is 22.9 Å². The Balaban J connectivity index is 1.34. The fourth-order valence-corrected chi connectivity index (χ4v) is 4.72. The van der Waals surface area contributed by atoms with Gasteiger partial charge in [0.25, 0.3) is 5.91 Å². The Labute approximate surface area is 199 Å². The third-order valence-electron chi connectivity index (χ3n) is 6.58. The summed E-state index contributed by atoms with van der Waals surface area (Å²) in [6, 6.07) is 15.6. The highest BCUT2D eigenvalue weighted by Crippen LogP contribution is 2.27. The van der Waals surface area contributed by atoms with Crippen molar-refractivity contribution in [2.75, 3.05) is 5.32 Å². The van der Waals surface area contributed by atoms with Crippen molar-refractivity contribution in [1.82, 2.24) is 24.7 Å². The number of anilines is 1. The van der Waals surface area contributed by atoms with E-state index < -0.39 is 0 Å². The van der Waals surface area contributed by atoms with Gasteiger partial charge < -0.3 is 9.88 Å². The van der Waals surface area contributed by atoms with Crippen LogP contribution in [0.4, 0.5) is 5.82 Å². The molecule has 7 heteroatoms. The van der Waals surface area contributed by atoms with E-state index >= 15 is 0 Å². The van der Waals surface area contributed by atoms with Gasteiger partial charge in [0.1, 0.15) is 17.8 Å². The van der Waals surface area contributed by atoms with Crippen LogP contribution in [0.15, 0.2) is 54.9 Å². The number of benzene rings is 1. The average molecular weight is 455 g/mol. The first kappa shape index (κ1) is 22.2. The molecule has 3 aromatic heterocycles. The van der Waals surface area contributed by atoms with E-state index in [1.165, 1.54) is 32.1 Å². The minimum atomic E-state index is -0.212. The van der Waals surface area contributed by atoms with Crippen LogP contribution in [0.1, 0.15) is 68.0 Å². The summed E-state index contributed by atoms with van der Waals surface area (Å²) in [5, 5.41) is 12.2. The number of aromatic nitrogens is 5. The first-order chi connectivity index (χ1) is 16.6. The van der Waals surface area contributed by atoms with Gasteiger partial charge in [-0.15, -0.1) is 10.2 Å². The quantitative estimate of drug-likeness (QED) is 0.395. The zero-order chi connectivity index (χ0) is 23.5. The van der Waals surface area contributed by atoms with Gasteiger partial charge in [-0.05, 0) is 56.5 Å². The van der Waals surface area contributed by atoms with Gasteiger partial charge in [0, 0.05) is 22.7 Å². The molecule has 0 atom stereocenters. The molecule has 0 aliphatic heterocycles. The lowest BCUT2D eigenvalue weighted by Gasteiger charge is -2.21.